The van der Waals surface area contributed by atoms with Gasteiger partial charge in [-0.15, -0.1) is 0 Å². The number of carbonyl (C=O) groups is 1. The number of amides is 1. The Morgan fingerprint density at radius 3 is 2.64 bits per heavy atom. The molecule has 6 heteroatoms. The summed E-state index contributed by atoms with van der Waals surface area (Å²) in [4.78, 5) is 30.8. The topological polar surface area (TPSA) is 95.1 Å². The molecule has 0 atom stereocenters. The van der Waals surface area contributed by atoms with Crippen LogP contribution in [0, 0.1) is 6.92 Å². The van der Waals surface area contributed by atoms with Crippen LogP contribution in [0.4, 0.5) is 0 Å². The average molecular weight is 335 g/mol. The summed E-state index contributed by atoms with van der Waals surface area (Å²) in [5.41, 5.74) is 2.92. The molecule has 0 aliphatic rings. The van der Waals surface area contributed by atoms with E-state index in [-0.39, 0.29) is 11.7 Å². The second-order valence-corrected chi connectivity index (χ2v) is 5.61. The van der Waals surface area contributed by atoms with Crippen molar-refractivity contribution in [3.05, 3.63) is 70.1 Å². The maximum Gasteiger partial charge on any atom is 0.345 e. The molecule has 3 rings (SSSR count). The van der Waals surface area contributed by atoms with Crippen molar-refractivity contribution in [3.8, 4) is 28.3 Å². The Balaban J connectivity index is 2.17. The average Bonchev–Trinajstić information content (AvgIpc) is 2.62. The van der Waals surface area contributed by atoms with Crippen LogP contribution >= 0.6 is 0 Å². The Labute approximate surface area is 144 Å². The Hall–Kier alpha value is -3.41. The van der Waals surface area contributed by atoms with Crippen LogP contribution in [0.5, 0.6) is 5.75 Å². The third kappa shape index (κ3) is 3.28. The highest BCUT2D eigenvalue weighted by molar-refractivity contribution is 6.00. The zero-order chi connectivity index (χ0) is 18.0. The number of nitrogens with one attached hydrogen (secondary N) is 2. The van der Waals surface area contributed by atoms with E-state index in [2.05, 4.69) is 15.3 Å². The van der Waals surface area contributed by atoms with Crippen LogP contribution in [0.2, 0.25) is 0 Å². The van der Waals surface area contributed by atoms with Gasteiger partial charge in [0, 0.05) is 23.7 Å². The molecule has 0 spiro atoms. The predicted octanol–water partition coefficient (Wildman–Crippen LogP) is 2.48. The number of hydrogen-bond donors (Lipinski definition) is 3. The van der Waals surface area contributed by atoms with Crippen molar-refractivity contribution in [2.45, 2.75) is 6.92 Å². The molecule has 6 nitrogen and oxygen atoms in total. The van der Waals surface area contributed by atoms with Crippen LogP contribution in [0.3, 0.4) is 0 Å². The van der Waals surface area contributed by atoms with E-state index >= 15 is 0 Å². The summed E-state index contributed by atoms with van der Waals surface area (Å²) in [5.74, 6) is -0.0611. The van der Waals surface area contributed by atoms with Crippen LogP contribution in [0.15, 0.2) is 53.3 Å². The van der Waals surface area contributed by atoms with Gasteiger partial charge in [0.1, 0.15) is 5.75 Å². The number of rotatable bonds is 3. The molecular formula is C19H17N3O3. The van der Waals surface area contributed by atoms with Gasteiger partial charge in [-0.3, -0.25) is 4.79 Å². The molecule has 1 amide bonds. The monoisotopic (exact) mass is 335 g/mol. The van der Waals surface area contributed by atoms with Gasteiger partial charge >= 0.3 is 5.69 Å². The molecule has 0 unspecified atom stereocenters. The van der Waals surface area contributed by atoms with Crippen LogP contribution in [-0.2, 0) is 0 Å². The first-order chi connectivity index (χ1) is 12.0. The second-order valence-electron chi connectivity index (χ2n) is 5.61. The Morgan fingerprint density at radius 1 is 1.16 bits per heavy atom. The molecular weight excluding hydrogens is 318 g/mol. The smallest absolute Gasteiger partial charge is 0.345 e. The number of phenolic OH excluding ortho intramolecular Hbond substituents is 1. The fourth-order valence-corrected chi connectivity index (χ4v) is 2.62. The molecule has 0 bridgehead atoms. The number of H-pyrrole nitrogens is 1. The summed E-state index contributed by atoms with van der Waals surface area (Å²) in [5, 5.41) is 12.3. The van der Waals surface area contributed by atoms with E-state index in [1.807, 2.05) is 0 Å². The summed E-state index contributed by atoms with van der Waals surface area (Å²) in [6.45, 7) is 1.77. The maximum absolute atomic E-state index is 12.1. The zero-order valence-corrected chi connectivity index (χ0v) is 13.8. The van der Waals surface area contributed by atoms with Gasteiger partial charge in [-0.25, -0.2) is 4.79 Å². The number of aromatic nitrogens is 2. The molecule has 0 radical (unpaired) electrons. The number of phenols is 1. The summed E-state index contributed by atoms with van der Waals surface area (Å²) in [6.07, 6.45) is 0. The summed E-state index contributed by atoms with van der Waals surface area (Å²) in [7, 11) is 1.55. The van der Waals surface area contributed by atoms with E-state index in [1.165, 1.54) is 0 Å². The lowest BCUT2D eigenvalue weighted by molar-refractivity contribution is 0.0963. The van der Waals surface area contributed by atoms with Crippen molar-refractivity contribution in [1.29, 1.82) is 0 Å². The fraction of sp³-hybridized carbons (Fsp3) is 0.105. The van der Waals surface area contributed by atoms with Gasteiger partial charge < -0.3 is 15.4 Å². The summed E-state index contributed by atoms with van der Waals surface area (Å²) < 4.78 is 0. The molecule has 3 aromatic rings. The van der Waals surface area contributed by atoms with E-state index in [4.69, 9.17) is 0 Å². The molecule has 25 heavy (non-hydrogen) atoms. The van der Waals surface area contributed by atoms with Crippen molar-refractivity contribution in [3.63, 3.8) is 0 Å². The Kier molecular flexibility index (Phi) is 4.35. The third-order valence-electron chi connectivity index (χ3n) is 3.93. The molecule has 0 aliphatic heterocycles. The number of carbonyl (C=O) groups excluding carboxylic acids is 1. The quantitative estimate of drug-likeness (QED) is 0.685. The molecule has 2 aromatic carbocycles. The highest BCUT2D eigenvalue weighted by atomic mass is 16.3. The van der Waals surface area contributed by atoms with Crippen molar-refractivity contribution >= 4 is 5.91 Å². The molecule has 0 saturated carbocycles. The van der Waals surface area contributed by atoms with E-state index in [0.717, 1.165) is 0 Å². The fourth-order valence-electron chi connectivity index (χ4n) is 2.62. The number of aromatic amines is 1. The molecule has 0 fully saturated rings. The molecule has 0 aliphatic carbocycles. The summed E-state index contributed by atoms with van der Waals surface area (Å²) in [6, 6.07) is 13.7. The van der Waals surface area contributed by atoms with Crippen LogP contribution < -0.4 is 11.0 Å². The number of aromatic hydroxyl groups is 1. The first-order valence-corrected chi connectivity index (χ1v) is 7.72. The number of aryl methyl sites for hydroxylation is 1. The van der Waals surface area contributed by atoms with Crippen LogP contribution in [0.25, 0.3) is 22.5 Å². The predicted molar refractivity (Wildman–Crippen MR) is 95.5 cm³/mol. The lowest BCUT2D eigenvalue weighted by Crippen LogP contribution is -2.19. The van der Waals surface area contributed by atoms with E-state index in [1.54, 1.807) is 62.5 Å². The van der Waals surface area contributed by atoms with Gasteiger partial charge in [-0.05, 0) is 42.8 Å². The Morgan fingerprint density at radius 2 is 1.92 bits per heavy atom. The highest BCUT2D eigenvalue weighted by Gasteiger charge is 2.13. The molecule has 1 heterocycles. The van der Waals surface area contributed by atoms with Gasteiger partial charge in [0.2, 0.25) is 0 Å². The molecule has 126 valence electrons. The van der Waals surface area contributed by atoms with E-state index in [0.29, 0.717) is 33.6 Å². The van der Waals surface area contributed by atoms with Gasteiger partial charge in [0.05, 0.1) is 11.4 Å². The number of benzene rings is 2. The van der Waals surface area contributed by atoms with Gasteiger partial charge in [-0.2, -0.15) is 4.98 Å². The van der Waals surface area contributed by atoms with Gasteiger partial charge in [0.15, 0.2) is 0 Å². The zero-order valence-electron chi connectivity index (χ0n) is 13.8. The van der Waals surface area contributed by atoms with E-state index in [9.17, 15) is 14.7 Å². The number of nitrogens with zero attached hydrogens (tertiary/aromatic N) is 1. The molecule has 1 aromatic heterocycles. The van der Waals surface area contributed by atoms with Crippen LogP contribution in [-0.4, -0.2) is 28.0 Å². The van der Waals surface area contributed by atoms with E-state index < -0.39 is 5.69 Å². The van der Waals surface area contributed by atoms with Crippen molar-refractivity contribution in [2.75, 3.05) is 7.05 Å². The Bertz CT molecular complexity index is 1010. The van der Waals surface area contributed by atoms with Crippen molar-refractivity contribution < 1.29 is 9.90 Å². The minimum Gasteiger partial charge on any atom is -0.508 e. The summed E-state index contributed by atoms with van der Waals surface area (Å²) >= 11 is 0. The third-order valence-corrected chi connectivity index (χ3v) is 3.93. The van der Waals surface area contributed by atoms with Crippen molar-refractivity contribution in [1.82, 2.24) is 15.3 Å². The highest BCUT2D eigenvalue weighted by Crippen LogP contribution is 2.27. The van der Waals surface area contributed by atoms with Crippen molar-refractivity contribution in [2.24, 2.45) is 0 Å². The van der Waals surface area contributed by atoms with Gasteiger partial charge in [-0.1, -0.05) is 18.2 Å². The minimum atomic E-state index is -0.509. The normalized spacial score (nSPS) is 10.5. The minimum absolute atomic E-state index is 0.179. The molecule has 3 N–H and O–H groups in total. The largest absolute Gasteiger partial charge is 0.508 e. The molecule has 0 saturated heterocycles. The van der Waals surface area contributed by atoms with Crippen LogP contribution in [0.1, 0.15) is 15.9 Å². The van der Waals surface area contributed by atoms with Gasteiger partial charge in [0.25, 0.3) is 5.91 Å². The lowest BCUT2D eigenvalue weighted by Gasteiger charge is -2.10. The second kappa shape index (κ2) is 6.60. The lowest BCUT2D eigenvalue weighted by atomic mass is 10.0. The first-order valence-electron chi connectivity index (χ1n) is 7.72. The SMILES string of the molecule is CNC(=O)c1ccccc1-c1cc(-c2ccc(O)c(C)c2)nc(=O)[nH]1. The first kappa shape index (κ1) is 16.4. The maximum atomic E-state index is 12.1. The number of hydrogen-bond acceptors (Lipinski definition) is 4. The standard InChI is InChI=1S/C19H17N3O3/c1-11-9-12(7-8-17(11)23)15-10-16(22-19(25)21-15)13-5-3-4-6-14(13)18(24)20-2/h3-10,23H,1-2H3,(H,20,24)(H,21,22,25).